The Kier molecular flexibility index (Phi) is 6.62. The molecule has 1 N–H and O–H groups in total. The van der Waals surface area contributed by atoms with Gasteiger partial charge < -0.3 is 14.8 Å². The van der Waals surface area contributed by atoms with Gasteiger partial charge in [0.1, 0.15) is 0 Å². The topological polar surface area (TPSA) is 47.6 Å². The number of carbonyl (C=O) groups excluding carboxylic acids is 1. The fraction of sp³-hybridized carbons (Fsp3) is 0.167. The molecule has 0 spiro atoms. The van der Waals surface area contributed by atoms with Crippen molar-refractivity contribution in [2.45, 2.75) is 6.18 Å². The Morgan fingerprint density at radius 3 is 2.26 bits per heavy atom. The molecule has 2 rings (SSSR count). The van der Waals surface area contributed by atoms with Crippen molar-refractivity contribution in [3.63, 3.8) is 0 Å². The Morgan fingerprint density at radius 2 is 1.67 bits per heavy atom. The van der Waals surface area contributed by atoms with Gasteiger partial charge in [0.15, 0.2) is 11.5 Å². The SMILES string of the molecule is COc1cc(Cl)c(NC(=O)/C=C\c2ccc(Cl)c(C(F)(F)F)c2)cc1OC. The summed E-state index contributed by atoms with van der Waals surface area (Å²) >= 11 is 11.6. The standard InChI is InChI=1S/C18H14Cl2F3NO3/c1-26-15-8-13(20)14(9-16(15)27-2)24-17(25)6-4-10-3-5-12(19)11(7-10)18(21,22)23/h3-9H,1-2H3,(H,24,25)/b6-4-. The van der Waals surface area contributed by atoms with E-state index in [2.05, 4.69) is 5.32 Å². The maximum atomic E-state index is 12.9. The van der Waals surface area contributed by atoms with Crippen LogP contribution in [0.1, 0.15) is 11.1 Å². The van der Waals surface area contributed by atoms with Crippen molar-refractivity contribution < 1.29 is 27.4 Å². The average Bonchev–Trinajstić information content (AvgIpc) is 2.61. The summed E-state index contributed by atoms with van der Waals surface area (Å²) in [6.07, 6.45) is -2.28. The second-order valence-corrected chi connectivity index (χ2v) is 6.06. The Morgan fingerprint density at radius 1 is 1.04 bits per heavy atom. The summed E-state index contributed by atoms with van der Waals surface area (Å²) in [5.41, 5.74) is -0.550. The molecule has 0 saturated heterocycles. The van der Waals surface area contributed by atoms with Gasteiger partial charge in [-0.3, -0.25) is 4.79 Å². The van der Waals surface area contributed by atoms with Crippen molar-refractivity contribution in [2.24, 2.45) is 0 Å². The van der Waals surface area contributed by atoms with Crippen LogP contribution in [-0.4, -0.2) is 20.1 Å². The van der Waals surface area contributed by atoms with Crippen molar-refractivity contribution in [3.05, 3.63) is 57.6 Å². The highest BCUT2D eigenvalue weighted by Crippen LogP contribution is 2.36. The summed E-state index contributed by atoms with van der Waals surface area (Å²) in [7, 11) is 2.87. The van der Waals surface area contributed by atoms with Crippen molar-refractivity contribution in [1.82, 2.24) is 0 Å². The van der Waals surface area contributed by atoms with Gasteiger partial charge in [-0.15, -0.1) is 0 Å². The molecule has 0 fully saturated rings. The third kappa shape index (κ3) is 5.30. The van der Waals surface area contributed by atoms with Gasteiger partial charge in [0.2, 0.25) is 5.91 Å². The number of rotatable bonds is 5. The summed E-state index contributed by atoms with van der Waals surface area (Å²) in [6.45, 7) is 0. The maximum Gasteiger partial charge on any atom is 0.417 e. The minimum absolute atomic E-state index is 0.167. The number of methoxy groups -OCH3 is 2. The fourth-order valence-electron chi connectivity index (χ4n) is 2.16. The number of anilines is 1. The van der Waals surface area contributed by atoms with Crippen LogP contribution in [0, 0.1) is 0 Å². The monoisotopic (exact) mass is 419 g/mol. The van der Waals surface area contributed by atoms with Crippen LogP contribution in [0.15, 0.2) is 36.4 Å². The Balaban J connectivity index is 2.19. The van der Waals surface area contributed by atoms with E-state index in [4.69, 9.17) is 32.7 Å². The number of carbonyl (C=O) groups is 1. The van der Waals surface area contributed by atoms with Gasteiger partial charge in [0.25, 0.3) is 0 Å². The zero-order chi connectivity index (χ0) is 20.2. The summed E-state index contributed by atoms with van der Waals surface area (Å²) in [6, 6.07) is 6.28. The van der Waals surface area contributed by atoms with E-state index < -0.39 is 22.7 Å². The lowest BCUT2D eigenvalue weighted by molar-refractivity contribution is -0.137. The zero-order valence-corrected chi connectivity index (χ0v) is 15.7. The Hall–Kier alpha value is -2.38. The van der Waals surface area contributed by atoms with Gasteiger partial charge in [0, 0.05) is 18.2 Å². The Labute approximate surface area is 163 Å². The third-order valence-corrected chi connectivity index (χ3v) is 4.10. The minimum Gasteiger partial charge on any atom is -0.493 e. The number of amides is 1. The molecule has 0 unspecified atom stereocenters. The second kappa shape index (κ2) is 8.54. The molecule has 2 aromatic rings. The lowest BCUT2D eigenvalue weighted by Gasteiger charge is -2.12. The van der Waals surface area contributed by atoms with E-state index >= 15 is 0 Å². The van der Waals surface area contributed by atoms with Crippen molar-refractivity contribution in [2.75, 3.05) is 19.5 Å². The van der Waals surface area contributed by atoms with E-state index in [1.807, 2.05) is 0 Å². The quantitative estimate of drug-likeness (QED) is 0.634. The maximum absolute atomic E-state index is 12.9. The van der Waals surface area contributed by atoms with Crippen LogP contribution < -0.4 is 14.8 Å². The molecule has 0 atom stereocenters. The van der Waals surface area contributed by atoms with Crippen LogP contribution in [0.4, 0.5) is 18.9 Å². The first-order valence-corrected chi connectivity index (χ1v) is 8.18. The molecular weight excluding hydrogens is 406 g/mol. The molecule has 0 radical (unpaired) electrons. The minimum atomic E-state index is -4.59. The molecule has 0 aliphatic carbocycles. The molecule has 9 heteroatoms. The van der Waals surface area contributed by atoms with Crippen LogP contribution in [-0.2, 0) is 11.0 Å². The highest BCUT2D eigenvalue weighted by Gasteiger charge is 2.33. The number of hydrogen-bond acceptors (Lipinski definition) is 3. The number of benzene rings is 2. The lowest BCUT2D eigenvalue weighted by atomic mass is 10.1. The van der Waals surface area contributed by atoms with Gasteiger partial charge in [-0.05, 0) is 23.8 Å². The molecule has 0 saturated carbocycles. The molecule has 144 valence electrons. The molecule has 2 aromatic carbocycles. The molecule has 27 heavy (non-hydrogen) atoms. The first-order chi connectivity index (χ1) is 12.7. The van der Waals surface area contributed by atoms with Gasteiger partial charge in [-0.2, -0.15) is 13.2 Å². The third-order valence-electron chi connectivity index (χ3n) is 3.45. The van der Waals surface area contributed by atoms with E-state index in [0.717, 1.165) is 18.2 Å². The molecule has 0 aliphatic heterocycles. The van der Waals surface area contributed by atoms with Gasteiger partial charge >= 0.3 is 6.18 Å². The largest absolute Gasteiger partial charge is 0.493 e. The molecule has 0 aliphatic rings. The molecule has 0 bridgehead atoms. The van der Waals surface area contributed by atoms with Gasteiger partial charge in [-0.25, -0.2) is 0 Å². The predicted molar refractivity (Wildman–Crippen MR) is 98.7 cm³/mol. The summed E-state index contributed by atoms with van der Waals surface area (Å²) in [4.78, 5) is 12.1. The van der Waals surface area contributed by atoms with Gasteiger partial charge in [0.05, 0.1) is 35.5 Å². The number of alkyl halides is 3. The summed E-state index contributed by atoms with van der Waals surface area (Å²) < 4.78 is 48.8. The first-order valence-electron chi connectivity index (χ1n) is 7.43. The van der Waals surface area contributed by atoms with E-state index in [9.17, 15) is 18.0 Å². The van der Waals surface area contributed by atoms with Crippen molar-refractivity contribution in [1.29, 1.82) is 0 Å². The molecule has 0 aromatic heterocycles. The van der Waals surface area contributed by atoms with E-state index in [1.54, 1.807) is 0 Å². The van der Waals surface area contributed by atoms with E-state index in [1.165, 1.54) is 38.5 Å². The molecule has 1 amide bonds. The van der Waals surface area contributed by atoms with Crippen LogP contribution in [0.3, 0.4) is 0 Å². The molecular formula is C18H14Cl2F3NO3. The second-order valence-electron chi connectivity index (χ2n) is 5.25. The normalized spacial score (nSPS) is 11.5. The number of halogens is 5. The van der Waals surface area contributed by atoms with Crippen LogP contribution >= 0.6 is 23.2 Å². The summed E-state index contributed by atoms with van der Waals surface area (Å²) in [5, 5.41) is 2.31. The lowest BCUT2D eigenvalue weighted by Crippen LogP contribution is -2.09. The smallest absolute Gasteiger partial charge is 0.417 e. The van der Waals surface area contributed by atoms with Gasteiger partial charge in [-0.1, -0.05) is 29.3 Å². The molecule has 4 nitrogen and oxygen atoms in total. The highest BCUT2D eigenvalue weighted by atomic mass is 35.5. The fourth-order valence-corrected chi connectivity index (χ4v) is 2.59. The Bertz CT molecular complexity index is 883. The van der Waals surface area contributed by atoms with Crippen molar-refractivity contribution >= 4 is 40.9 Å². The van der Waals surface area contributed by atoms with Crippen molar-refractivity contribution in [3.8, 4) is 11.5 Å². The molecule has 0 heterocycles. The van der Waals surface area contributed by atoms with Crippen LogP contribution in [0.5, 0.6) is 11.5 Å². The van der Waals surface area contributed by atoms with Crippen LogP contribution in [0.2, 0.25) is 10.0 Å². The predicted octanol–water partition coefficient (Wildman–Crippen LogP) is 5.68. The first kappa shape index (κ1) is 20.9. The number of nitrogens with one attached hydrogen (secondary N) is 1. The number of hydrogen-bond donors (Lipinski definition) is 1. The summed E-state index contributed by atoms with van der Waals surface area (Å²) in [5.74, 6) is 0.151. The zero-order valence-electron chi connectivity index (χ0n) is 14.2. The van der Waals surface area contributed by atoms with E-state index in [0.29, 0.717) is 11.5 Å². The van der Waals surface area contributed by atoms with E-state index in [-0.39, 0.29) is 16.3 Å². The van der Waals surface area contributed by atoms with Crippen LogP contribution in [0.25, 0.3) is 6.08 Å². The highest BCUT2D eigenvalue weighted by molar-refractivity contribution is 6.34. The average molecular weight is 420 g/mol. The number of ether oxygens (including phenoxy) is 2.